The summed E-state index contributed by atoms with van der Waals surface area (Å²) in [5, 5.41) is 9.82. The molecular weight excluding hydrogens is 991 g/mol. The Bertz CT molecular complexity index is 1820. The SMILES string of the molecule is [CH]1[CH][CH][C](P(c2ccccc2)c2ccccc2)[CH]1.[CH]1[CH][CH][C](P(c2ccccc2)c2ccccc2)[CH]1.[Cl][Ru][Cl].[Ru+2].c1ccc(P(c2ccccc2)c2ccccc2)cc1. The topological polar surface area (TPSA) is 0 Å². The van der Waals surface area contributed by atoms with Gasteiger partial charge in [-0.25, -0.2) is 0 Å². The molecule has 0 spiro atoms. The Labute approximate surface area is 386 Å². The minimum atomic E-state index is -0.446. The zero-order valence-electron chi connectivity index (χ0n) is 32.1. The third-order valence-electron chi connectivity index (χ3n) is 8.91. The fraction of sp³-hybridized carbons (Fsp3) is 0. The molecule has 0 bridgehead atoms. The van der Waals surface area contributed by atoms with Crippen molar-refractivity contribution in [3.05, 3.63) is 275 Å². The van der Waals surface area contributed by atoms with Crippen LogP contribution in [0.5, 0.6) is 0 Å². The van der Waals surface area contributed by atoms with Crippen LogP contribution in [0.2, 0.25) is 0 Å². The molecular formula is C52H43Cl2P3Ru2+2. The van der Waals surface area contributed by atoms with Gasteiger partial charge in [-0.2, -0.15) is 0 Å². The van der Waals surface area contributed by atoms with Crippen LogP contribution in [0.3, 0.4) is 0 Å². The van der Waals surface area contributed by atoms with E-state index in [9.17, 15) is 0 Å². The van der Waals surface area contributed by atoms with Crippen molar-refractivity contribution in [3.8, 4) is 0 Å². The molecule has 2 aliphatic carbocycles. The summed E-state index contributed by atoms with van der Waals surface area (Å²) in [7, 11) is 8.44. The number of hydrogen-bond acceptors (Lipinski definition) is 0. The number of hydrogen-bond donors (Lipinski definition) is 0. The van der Waals surface area contributed by atoms with E-state index in [1.165, 1.54) is 48.4 Å². The van der Waals surface area contributed by atoms with Gasteiger partial charge >= 0.3 is 54.0 Å². The maximum atomic E-state index is 4.85. The van der Waals surface area contributed by atoms with Crippen LogP contribution in [0.25, 0.3) is 0 Å². The van der Waals surface area contributed by atoms with E-state index in [0.717, 1.165) is 0 Å². The standard InChI is InChI=1S/C18H15P.2C17H14P.2ClH.2Ru/c1-4-10-16(11-5-1)19(17-12-6-2-7-13-17)18-14-8-3-9-15-18;2*1-3-9-15(10-4-1)18(17-13-7-8-14-17)16-11-5-2-6-12-16;;;;/h1-15H;2*1-14H;2*1H;;/q;;;;;2*+2/p-2. The maximum absolute atomic E-state index is 4.85. The Kier molecular flexibility index (Phi) is 22.3. The van der Waals surface area contributed by atoms with E-state index in [0.29, 0.717) is 0 Å². The summed E-state index contributed by atoms with van der Waals surface area (Å²) in [5.74, 6) is 0. The van der Waals surface area contributed by atoms with Gasteiger partial charge in [-0.3, -0.25) is 0 Å². The van der Waals surface area contributed by atoms with E-state index in [-0.39, 0.29) is 34.6 Å². The molecule has 9 rings (SSSR count). The Morgan fingerprint density at radius 2 is 0.407 bits per heavy atom. The molecule has 7 aromatic carbocycles. The smallest absolute Gasteiger partial charge is 0.0622 e. The molecule has 0 amide bonds. The number of benzene rings is 7. The van der Waals surface area contributed by atoms with Crippen molar-refractivity contribution in [1.29, 1.82) is 0 Å². The van der Waals surface area contributed by atoms with Crippen LogP contribution in [-0.4, -0.2) is 0 Å². The van der Waals surface area contributed by atoms with Crippen LogP contribution in [-0.2, 0) is 34.6 Å². The summed E-state index contributed by atoms with van der Waals surface area (Å²) in [4.78, 5) is 0. The molecule has 0 saturated heterocycles. The van der Waals surface area contributed by atoms with E-state index in [4.69, 9.17) is 19.4 Å². The van der Waals surface area contributed by atoms with Crippen LogP contribution in [0.15, 0.2) is 212 Å². The first-order valence-electron chi connectivity index (χ1n) is 18.8. The third-order valence-corrected chi connectivity index (χ3v) is 16.2. The second-order valence-electron chi connectivity index (χ2n) is 12.7. The molecule has 294 valence electrons. The average Bonchev–Trinajstić information content (AvgIpc) is 4.04. The number of rotatable bonds is 9. The van der Waals surface area contributed by atoms with Crippen molar-refractivity contribution in [2.24, 2.45) is 0 Å². The molecule has 10 radical (unpaired) electrons. The van der Waals surface area contributed by atoms with E-state index in [1.807, 2.05) is 0 Å². The van der Waals surface area contributed by atoms with Crippen molar-refractivity contribution >= 4 is 80.3 Å². The molecule has 0 heterocycles. The van der Waals surface area contributed by atoms with Crippen molar-refractivity contribution in [2.45, 2.75) is 0 Å². The van der Waals surface area contributed by atoms with Gasteiger partial charge in [-0.1, -0.05) is 212 Å². The first kappa shape index (κ1) is 47.7. The molecule has 0 aromatic heterocycles. The van der Waals surface area contributed by atoms with Gasteiger partial charge in [0.1, 0.15) is 0 Å². The van der Waals surface area contributed by atoms with Gasteiger partial charge in [0.25, 0.3) is 0 Å². The zero-order valence-corrected chi connectivity index (χ0v) is 39.8. The van der Waals surface area contributed by atoms with Crippen molar-refractivity contribution in [2.75, 3.05) is 0 Å². The molecule has 0 nitrogen and oxygen atoms in total. The Morgan fingerprint density at radius 1 is 0.254 bits per heavy atom. The van der Waals surface area contributed by atoms with Gasteiger partial charge in [0.2, 0.25) is 0 Å². The van der Waals surface area contributed by atoms with Gasteiger partial charge in [0.05, 0.1) is 0 Å². The van der Waals surface area contributed by atoms with Gasteiger partial charge in [0, 0.05) is 11.3 Å². The monoisotopic (exact) mass is 1030 g/mol. The van der Waals surface area contributed by atoms with E-state index in [1.54, 1.807) is 0 Å². The van der Waals surface area contributed by atoms with E-state index in [2.05, 4.69) is 264 Å². The number of halogens is 2. The molecule has 2 fully saturated rings. The molecule has 2 saturated carbocycles. The van der Waals surface area contributed by atoms with E-state index < -0.39 is 23.8 Å². The first-order chi connectivity index (χ1) is 28.8. The van der Waals surface area contributed by atoms with Crippen molar-refractivity contribution < 1.29 is 34.6 Å². The van der Waals surface area contributed by atoms with Gasteiger partial charge in [-0.05, 0) is 112 Å². The van der Waals surface area contributed by atoms with Crippen LogP contribution in [0.1, 0.15) is 0 Å². The summed E-state index contributed by atoms with van der Waals surface area (Å²) < 4.78 is 0. The second-order valence-corrected chi connectivity index (χ2v) is 22.0. The molecule has 0 aliphatic heterocycles. The largest absolute Gasteiger partial charge is 2.00 e. The van der Waals surface area contributed by atoms with Gasteiger partial charge < -0.3 is 0 Å². The van der Waals surface area contributed by atoms with Gasteiger partial charge in [0.15, 0.2) is 0 Å². The third kappa shape index (κ3) is 14.9. The fourth-order valence-electron chi connectivity index (χ4n) is 6.41. The summed E-state index contributed by atoms with van der Waals surface area (Å²) >= 11 is -0.346. The average molecular weight is 1030 g/mol. The van der Waals surface area contributed by atoms with Crippen LogP contribution >= 0.6 is 43.1 Å². The molecule has 7 heteroatoms. The first-order valence-corrected chi connectivity index (χ1v) is 27.3. The minimum absolute atomic E-state index is 0. The summed E-state index contributed by atoms with van der Waals surface area (Å²) in [6.07, 6.45) is 17.4. The van der Waals surface area contributed by atoms with Crippen LogP contribution < -0.4 is 37.1 Å². The summed E-state index contributed by atoms with van der Waals surface area (Å²) in [5.41, 5.74) is 2.84. The molecule has 7 aromatic rings. The normalized spacial score (nSPS) is 13.7. The molecule has 59 heavy (non-hydrogen) atoms. The predicted molar refractivity (Wildman–Crippen MR) is 256 cm³/mol. The predicted octanol–water partition coefficient (Wildman–Crippen LogP) is 11.8. The molecule has 0 N–H and O–H groups in total. The fourth-order valence-corrected chi connectivity index (χ4v) is 13.3. The van der Waals surface area contributed by atoms with Crippen LogP contribution in [0, 0.1) is 62.7 Å². The molecule has 0 atom stereocenters. The van der Waals surface area contributed by atoms with Crippen molar-refractivity contribution in [1.82, 2.24) is 0 Å². The molecule has 0 unspecified atom stereocenters. The van der Waals surface area contributed by atoms with E-state index >= 15 is 0 Å². The maximum Gasteiger partial charge on any atom is 2.00 e. The second kappa shape index (κ2) is 27.6. The Morgan fingerprint density at radius 3 is 0.576 bits per heavy atom. The zero-order chi connectivity index (χ0) is 40.0. The quantitative estimate of drug-likeness (QED) is 0.0998. The minimum Gasteiger partial charge on any atom is -0.0622 e. The Hall–Kier alpha value is -2.34. The summed E-state index contributed by atoms with van der Waals surface area (Å²) in [6, 6.07) is 75.4. The molecule has 2 aliphatic rings. The van der Waals surface area contributed by atoms with Gasteiger partial charge in [-0.15, -0.1) is 0 Å². The Balaban J connectivity index is 0.000000161. The summed E-state index contributed by atoms with van der Waals surface area (Å²) in [6.45, 7) is 0. The van der Waals surface area contributed by atoms with Crippen LogP contribution in [0.4, 0.5) is 0 Å². The van der Waals surface area contributed by atoms with Crippen molar-refractivity contribution in [3.63, 3.8) is 0 Å².